The Labute approximate surface area is 185 Å². The third kappa shape index (κ3) is 4.70. The third-order valence-electron chi connectivity index (χ3n) is 5.86. The number of thiophene rings is 1. The number of rotatable bonds is 6. The first-order valence-electron chi connectivity index (χ1n) is 9.97. The van der Waals surface area contributed by atoms with Crippen LogP contribution in [0.25, 0.3) is 0 Å². The zero-order valence-corrected chi connectivity index (χ0v) is 18.3. The molecule has 1 saturated carbocycles. The number of ketones is 1. The number of halogens is 1. The molecule has 2 aliphatic rings. The number of aliphatic hydroxyl groups is 1. The molecule has 0 aliphatic heterocycles. The molecule has 4 rings (SSSR count). The Morgan fingerprint density at radius 2 is 1.97 bits per heavy atom. The highest BCUT2D eigenvalue weighted by molar-refractivity contribution is 7.12. The molecule has 0 bridgehead atoms. The Kier molecular flexibility index (Phi) is 7.18. The van der Waals surface area contributed by atoms with E-state index >= 15 is 0 Å². The van der Waals surface area contributed by atoms with Crippen LogP contribution in [0.3, 0.4) is 0 Å². The van der Waals surface area contributed by atoms with Crippen molar-refractivity contribution >= 4 is 35.5 Å². The maximum Gasteiger partial charge on any atom is 0.335 e. The van der Waals surface area contributed by atoms with Crippen molar-refractivity contribution in [2.24, 2.45) is 5.92 Å². The molecule has 1 fully saturated rings. The van der Waals surface area contributed by atoms with E-state index in [4.69, 9.17) is 9.84 Å². The second kappa shape index (κ2) is 9.47. The summed E-state index contributed by atoms with van der Waals surface area (Å²) in [5.41, 5.74) is 1.08. The molecule has 0 radical (unpaired) electrons. The Morgan fingerprint density at radius 3 is 2.67 bits per heavy atom. The van der Waals surface area contributed by atoms with Crippen LogP contribution in [0.2, 0.25) is 0 Å². The van der Waals surface area contributed by atoms with Gasteiger partial charge in [-0.3, -0.25) is 4.79 Å². The second-order valence-electron chi connectivity index (χ2n) is 7.86. The number of carbonyl (C=O) groups excluding carboxylic acids is 1. The summed E-state index contributed by atoms with van der Waals surface area (Å²) < 4.78 is 5.87. The SMILES string of the molecule is Cc1cc2c(s1)CCC(CN[C@@H]1CC[C@@H](Oc3ccc(C(=O)O)cc3)[C@@H]1O)C2=O.Cl. The monoisotopic (exact) mass is 451 g/mol. The fourth-order valence-electron chi connectivity index (χ4n) is 4.25. The van der Waals surface area contributed by atoms with Gasteiger partial charge in [0.1, 0.15) is 18.0 Å². The van der Waals surface area contributed by atoms with E-state index in [0.29, 0.717) is 18.7 Å². The average molecular weight is 452 g/mol. The molecule has 30 heavy (non-hydrogen) atoms. The van der Waals surface area contributed by atoms with Crippen LogP contribution in [0, 0.1) is 12.8 Å². The lowest BCUT2D eigenvalue weighted by molar-refractivity contribution is 0.0441. The van der Waals surface area contributed by atoms with E-state index < -0.39 is 12.1 Å². The summed E-state index contributed by atoms with van der Waals surface area (Å²) in [7, 11) is 0. The number of aliphatic hydroxyl groups excluding tert-OH is 1. The highest BCUT2D eigenvalue weighted by Crippen LogP contribution is 2.32. The van der Waals surface area contributed by atoms with Crippen molar-refractivity contribution in [3.8, 4) is 5.75 Å². The van der Waals surface area contributed by atoms with E-state index in [1.807, 2.05) is 13.0 Å². The van der Waals surface area contributed by atoms with Crippen LogP contribution < -0.4 is 10.1 Å². The molecule has 8 heteroatoms. The molecule has 1 aromatic carbocycles. The summed E-state index contributed by atoms with van der Waals surface area (Å²) in [6.45, 7) is 2.60. The van der Waals surface area contributed by atoms with Gasteiger partial charge in [0.05, 0.1) is 5.56 Å². The molecule has 4 atom stereocenters. The number of Topliss-reactive ketones (excluding diaryl/α,β-unsaturated/α-hetero) is 1. The Balaban J connectivity index is 0.00000256. The lowest BCUT2D eigenvalue weighted by atomic mass is 9.87. The highest BCUT2D eigenvalue weighted by atomic mass is 35.5. The van der Waals surface area contributed by atoms with Gasteiger partial charge in [-0.2, -0.15) is 0 Å². The zero-order chi connectivity index (χ0) is 20.5. The normalized spacial score (nSPS) is 25.5. The summed E-state index contributed by atoms with van der Waals surface area (Å²) in [4.78, 5) is 26.1. The largest absolute Gasteiger partial charge is 0.488 e. The first kappa shape index (κ1) is 22.7. The van der Waals surface area contributed by atoms with Gasteiger partial charge in [-0.15, -0.1) is 23.7 Å². The number of ether oxygens (including phenoxy) is 1. The number of carboxylic acid groups (broad SMARTS) is 1. The van der Waals surface area contributed by atoms with E-state index in [2.05, 4.69) is 5.32 Å². The number of carbonyl (C=O) groups is 2. The number of fused-ring (bicyclic) bond motifs is 1. The fraction of sp³-hybridized carbons (Fsp3) is 0.455. The first-order valence-corrected chi connectivity index (χ1v) is 10.8. The van der Waals surface area contributed by atoms with Crippen LogP contribution in [0.5, 0.6) is 5.75 Å². The molecule has 1 aromatic heterocycles. The van der Waals surface area contributed by atoms with Crippen LogP contribution in [0.1, 0.15) is 49.7 Å². The summed E-state index contributed by atoms with van der Waals surface area (Å²) in [6.07, 6.45) is 2.23. The molecule has 0 saturated heterocycles. The number of aryl methyl sites for hydroxylation is 2. The molecule has 2 aromatic rings. The quantitative estimate of drug-likeness (QED) is 0.622. The molecule has 3 N–H and O–H groups in total. The zero-order valence-electron chi connectivity index (χ0n) is 16.7. The van der Waals surface area contributed by atoms with Crippen molar-refractivity contribution in [2.75, 3.05) is 6.54 Å². The lowest BCUT2D eigenvalue weighted by Crippen LogP contribution is -2.44. The van der Waals surface area contributed by atoms with Gasteiger partial charge < -0.3 is 20.3 Å². The van der Waals surface area contributed by atoms with Gasteiger partial charge in [-0.1, -0.05) is 0 Å². The van der Waals surface area contributed by atoms with Gasteiger partial charge in [0.15, 0.2) is 5.78 Å². The summed E-state index contributed by atoms with van der Waals surface area (Å²) >= 11 is 1.71. The number of hydrogen-bond donors (Lipinski definition) is 3. The second-order valence-corrected chi connectivity index (χ2v) is 9.20. The third-order valence-corrected chi connectivity index (χ3v) is 6.97. The van der Waals surface area contributed by atoms with Crippen LogP contribution in [0.4, 0.5) is 0 Å². The molecule has 2 aliphatic carbocycles. The highest BCUT2D eigenvalue weighted by Gasteiger charge is 2.37. The average Bonchev–Trinajstić information content (AvgIpc) is 3.25. The van der Waals surface area contributed by atoms with Crippen LogP contribution in [-0.2, 0) is 6.42 Å². The first-order chi connectivity index (χ1) is 13.9. The molecular weight excluding hydrogens is 426 g/mol. The summed E-state index contributed by atoms with van der Waals surface area (Å²) in [5.74, 6) is -0.277. The molecular formula is C22H26ClNO5S. The fourth-order valence-corrected chi connectivity index (χ4v) is 5.30. The van der Waals surface area contributed by atoms with Crippen molar-refractivity contribution in [1.82, 2.24) is 5.32 Å². The maximum atomic E-state index is 12.7. The van der Waals surface area contributed by atoms with Crippen LogP contribution in [-0.4, -0.2) is 46.8 Å². The van der Waals surface area contributed by atoms with Gasteiger partial charge in [0, 0.05) is 33.8 Å². The number of carboxylic acids is 1. The van der Waals surface area contributed by atoms with E-state index in [-0.39, 0.29) is 41.8 Å². The van der Waals surface area contributed by atoms with Crippen LogP contribution >= 0.6 is 23.7 Å². The number of benzene rings is 1. The van der Waals surface area contributed by atoms with Crippen molar-refractivity contribution < 1.29 is 24.5 Å². The number of hydrogen-bond acceptors (Lipinski definition) is 6. The molecule has 6 nitrogen and oxygen atoms in total. The Morgan fingerprint density at radius 1 is 1.23 bits per heavy atom. The minimum absolute atomic E-state index is 0. The standard InChI is InChI=1S/C22H25NO5S.ClH/c1-12-10-16-19(29-12)9-4-14(20(16)24)11-23-17-7-8-18(21(17)25)28-15-5-2-13(3-6-15)22(26)27;/h2-3,5-6,10,14,17-18,21,23,25H,4,7-9,11H2,1H3,(H,26,27);1H/t14?,17-,18-,21-;/m1./s1. The van der Waals surface area contributed by atoms with Gasteiger partial charge in [0.2, 0.25) is 0 Å². The summed E-state index contributed by atoms with van der Waals surface area (Å²) in [6, 6.07) is 8.08. The van der Waals surface area contributed by atoms with Crippen molar-refractivity contribution in [3.05, 3.63) is 51.2 Å². The van der Waals surface area contributed by atoms with Gasteiger partial charge in [0.25, 0.3) is 0 Å². The maximum absolute atomic E-state index is 12.7. The van der Waals surface area contributed by atoms with Gasteiger partial charge in [-0.05, 0) is 62.9 Å². The predicted octanol–water partition coefficient (Wildman–Crippen LogP) is 3.48. The topological polar surface area (TPSA) is 95.9 Å². The lowest BCUT2D eigenvalue weighted by Gasteiger charge is -2.25. The molecule has 0 amide bonds. The van der Waals surface area contributed by atoms with Crippen LogP contribution in [0.15, 0.2) is 30.3 Å². The predicted molar refractivity (Wildman–Crippen MR) is 117 cm³/mol. The minimum atomic E-state index is -0.983. The molecule has 0 spiro atoms. The summed E-state index contributed by atoms with van der Waals surface area (Å²) in [5, 5.41) is 23.0. The molecule has 1 heterocycles. The minimum Gasteiger partial charge on any atom is -0.488 e. The van der Waals surface area contributed by atoms with E-state index in [0.717, 1.165) is 24.8 Å². The smallest absolute Gasteiger partial charge is 0.335 e. The van der Waals surface area contributed by atoms with E-state index in [1.54, 1.807) is 23.5 Å². The van der Waals surface area contributed by atoms with Crippen molar-refractivity contribution in [3.63, 3.8) is 0 Å². The van der Waals surface area contributed by atoms with E-state index in [9.17, 15) is 14.7 Å². The van der Waals surface area contributed by atoms with Gasteiger partial charge in [-0.25, -0.2) is 4.79 Å². The number of nitrogens with one attached hydrogen (secondary N) is 1. The molecule has 162 valence electrons. The van der Waals surface area contributed by atoms with Crippen molar-refractivity contribution in [1.29, 1.82) is 0 Å². The van der Waals surface area contributed by atoms with E-state index in [1.165, 1.54) is 21.9 Å². The number of aromatic carboxylic acids is 1. The van der Waals surface area contributed by atoms with Crippen molar-refractivity contribution in [2.45, 2.75) is 50.9 Å². The molecule has 1 unspecified atom stereocenters. The Hall–Kier alpha value is -1.93. The Bertz CT molecular complexity index is 913. The van der Waals surface area contributed by atoms with Gasteiger partial charge >= 0.3 is 5.97 Å².